The van der Waals surface area contributed by atoms with E-state index in [4.69, 9.17) is 0 Å². The lowest BCUT2D eigenvalue weighted by Crippen LogP contribution is -2.32. The predicted molar refractivity (Wildman–Crippen MR) is 182 cm³/mol. The summed E-state index contributed by atoms with van der Waals surface area (Å²) in [6, 6.07) is 19.6. The van der Waals surface area contributed by atoms with E-state index >= 15 is 0 Å². The molecule has 4 aliphatic carbocycles. The minimum atomic E-state index is -0.121. The van der Waals surface area contributed by atoms with Gasteiger partial charge in [0.2, 0.25) is 0 Å². The van der Waals surface area contributed by atoms with Crippen LogP contribution < -0.4 is 15.5 Å². The Labute approximate surface area is 248 Å². The van der Waals surface area contributed by atoms with Crippen LogP contribution in [0.2, 0.25) is 0 Å². The van der Waals surface area contributed by atoms with E-state index in [-0.39, 0.29) is 15.8 Å². The highest BCUT2D eigenvalue weighted by atomic mass is 31.1. The molecule has 0 amide bonds. The molecule has 0 bridgehead atoms. The van der Waals surface area contributed by atoms with Crippen molar-refractivity contribution in [3.8, 4) is 0 Å². The maximum absolute atomic E-state index is 2.69. The van der Waals surface area contributed by atoms with Gasteiger partial charge in [0.15, 0.2) is 0 Å². The summed E-state index contributed by atoms with van der Waals surface area (Å²) in [7, 11) is 2.19. The Hall–Kier alpha value is -0.900. The summed E-state index contributed by atoms with van der Waals surface area (Å²) in [5.74, 6) is 0. The summed E-state index contributed by atoms with van der Waals surface area (Å²) in [6.45, 7) is 0. The number of hydrogen-bond acceptors (Lipinski definition) is 1. The second-order valence-corrected chi connectivity index (χ2v) is 19.0. The predicted octanol–water partition coefficient (Wildman–Crippen LogP) is 11.0. The van der Waals surface area contributed by atoms with Gasteiger partial charge in [0.05, 0.1) is 0 Å². The van der Waals surface area contributed by atoms with Crippen molar-refractivity contribution in [3.63, 3.8) is 0 Å². The first-order valence-electron chi connectivity index (χ1n) is 17.3. The van der Waals surface area contributed by atoms with Gasteiger partial charge in [-0.05, 0) is 86.1 Å². The molecule has 40 heavy (non-hydrogen) atoms. The Morgan fingerprint density at radius 2 is 0.700 bits per heavy atom. The van der Waals surface area contributed by atoms with Crippen molar-refractivity contribution in [3.05, 3.63) is 48.5 Å². The van der Waals surface area contributed by atoms with Crippen molar-refractivity contribution in [1.29, 1.82) is 0 Å². The molecule has 0 unspecified atom stereocenters. The van der Waals surface area contributed by atoms with Gasteiger partial charge in [-0.25, -0.2) is 0 Å². The van der Waals surface area contributed by atoms with Gasteiger partial charge in [-0.15, -0.1) is 0 Å². The van der Waals surface area contributed by atoms with Gasteiger partial charge in [0, 0.05) is 29.0 Å². The Kier molecular flexibility index (Phi) is 10.6. The Morgan fingerprint density at radius 3 is 1.00 bits per heavy atom. The molecule has 4 fully saturated rings. The van der Waals surface area contributed by atoms with E-state index in [1.165, 1.54) is 128 Å². The van der Waals surface area contributed by atoms with Crippen LogP contribution in [0.25, 0.3) is 0 Å². The summed E-state index contributed by atoms with van der Waals surface area (Å²) in [5.41, 5.74) is 6.85. The van der Waals surface area contributed by atoms with E-state index in [0.29, 0.717) is 0 Å². The van der Waals surface area contributed by atoms with Crippen molar-refractivity contribution in [2.75, 3.05) is 11.9 Å². The van der Waals surface area contributed by atoms with Crippen LogP contribution in [-0.4, -0.2) is 29.7 Å². The van der Waals surface area contributed by atoms with Gasteiger partial charge < -0.3 is 4.90 Å². The Balaban J connectivity index is 1.38. The van der Waals surface area contributed by atoms with E-state index in [1.807, 2.05) is 0 Å². The molecule has 0 aliphatic heterocycles. The molecule has 4 saturated carbocycles. The minimum Gasteiger partial charge on any atom is -0.344 e. The summed E-state index contributed by atoms with van der Waals surface area (Å²) in [5, 5.41) is 3.49. The van der Waals surface area contributed by atoms with Gasteiger partial charge in [-0.2, -0.15) is 0 Å². The molecule has 218 valence electrons. The van der Waals surface area contributed by atoms with E-state index in [1.54, 1.807) is 22.0 Å². The van der Waals surface area contributed by atoms with Crippen molar-refractivity contribution in [1.82, 2.24) is 0 Å². The van der Waals surface area contributed by atoms with Crippen LogP contribution in [0.3, 0.4) is 0 Å². The Bertz CT molecular complexity index is 924. The standard InChI is InChI=1S/C37H55NP2/c1-38(34-26-14-16-28-36(34)39(30-18-6-2-7-19-30)31-20-8-3-9-21-31)35-27-15-17-29-37(35)40(32-22-10-4-11-23-32)33-24-12-5-13-25-33/h14-17,26-33H,2-13,18-25H2,1H3. The lowest BCUT2D eigenvalue weighted by Gasteiger charge is -2.42. The van der Waals surface area contributed by atoms with Crippen molar-refractivity contribution >= 4 is 37.8 Å². The van der Waals surface area contributed by atoms with Gasteiger partial charge in [0.25, 0.3) is 0 Å². The number of benzene rings is 2. The molecule has 1 nitrogen and oxygen atoms in total. The van der Waals surface area contributed by atoms with Crippen LogP contribution >= 0.6 is 15.8 Å². The molecule has 0 saturated heterocycles. The molecule has 6 rings (SSSR count). The smallest absolute Gasteiger partial charge is 0.0486 e. The topological polar surface area (TPSA) is 3.24 Å². The highest BCUT2D eigenvalue weighted by Crippen LogP contribution is 2.58. The third-order valence-electron chi connectivity index (χ3n) is 10.9. The molecule has 0 N–H and O–H groups in total. The lowest BCUT2D eigenvalue weighted by atomic mass is 9.99. The molecule has 0 radical (unpaired) electrons. The summed E-state index contributed by atoms with van der Waals surface area (Å²) in [4.78, 5) is 2.69. The number of hydrogen-bond donors (Lipinski definition) is 0. The van der Waals surface area contributed by atoms with Crippen molar-refractivity contribution < 1.29 is 0 Å². The first-order chi connectivity index (χ1) is 19.8. The van der Waals surface area contributed by atoms with Crippen LogP contribution in [0, 0.1) is 0 Å². The fourth-order valence-electron chi connectivity index (χ4n) is 8.88. The van der Waals surface area contributed by atoms with E-state index < -0.39 is 0 Å². The maximum atomic E-state index is 2.69. The molecule has 0 spiro atoms. The first-order valence-corrected chi connectivity index (χ1v) is 20.3. The van der Waals surface area contributed by atoms with E-state index in [2.05, 4.69) is 60.5 Å². The van der Waals surface area contributed by atoms with E-state index in [0.717, 1.165) is 22.6 Å². The second kappa shape index (κ2) is 14.5. The van der Waals surface area contributed by atoms with Gasteiger partial charge >= 0.3 is 0 Å². The average Bonchev–Trinajstić information content (AvgIpc) is 3.04. The summed E-state index contributed by atoms with van der Waals surface area (Å²) >= 11 is 0. The SMILES string of the molecule is CN(c1ccccc1P(C1CCCCC1)C1CCCCC1)c1ccccc1P(C1CCCCC1)C1CCCCC1. The number of anilines is 2. The number of rotatable bonds is 8. The molecule has 2 aromatic carbocycles. The maximum Gasteiger partial charge on any atom is 0.0486 e. The lowest BCUT2D eigenvalue weighted by molar-refractivity contribution is 0.487. The summed E-state index contributed by atoms with van der Waals surface area (Å²) in [6.07, 6.45) is 29.4. The summed E-state index contributed by atoms with van der Waals surface area (Å²) < 4.78 is 0. The van der Waals surface area contributed by atoms with Gasteiger partial charge in [-0.3, -0.25) is 0 Å². The molecule has 2 aromatic rings. The number of nitrogens with zero attached hydrogens (tertiary/aromatic N) is 1. The van der Waals surface area contributed by atoms with E-state index in [9.17, 15) is 0 Å². The molecule has 3 heteroatoms. The minimum absolute atomic E-state index is 0.121. The molecular weight excluding hydrogens is 520 g/mol. The average molecular weight is 576 g/mol. The zero-order valence-corrected chi connectivity index (χ0v) is 27.2. The van der Waals surface area contributed by atoms with Crippen LogP contribution in [-0.2, 0) is 0 Å². The zero-order valence-electron chi connectivity index (χ0n) is 25.4. The highest BCUT2D eigenvalue weighted by molar-refractivity contribution is 7.67. The molecule has 0 atom stereocenters. The van der Waals surface area contributed by atoms with Crippen LogP contribution in [0.15, 0.2) is 48.5 Å². The van der Waals surface area contributed by atoms with Crippen molar-refractivity contribution in [2.45, 2.75) is 151 Å². The van der Waals surface area contributed by atoms with Crippen LogP contribution in [0.4, 0.5) is 11.4 Å². The molecule has 0 heterocycles. The van der Waals surface area contributed by atoms with Crippen molar-refractivity contribution in [2.24, 2.45) is 0 Å². The highest BCUT2D eigenvalue weighted by Gasteiger charge is 2.36. The largest absolute Gasteiger partial charge is 0.344 e. The fourth-order valence-corrected chi connectivity index (χ4v) is 16.8. The monoisotopic (exact) mass is 575 g/mol. The van der Waals surface area contributed by atoms with Gasteiger partial charge in [-0.1, -0.05) is 129 Å². The van der Waals surface area contributed by atoms with Gasteiger partial charge in [0.1, 0.15) is 0 Å². The van der Waals surface area contributed by atoms with Crippen LogP contribution in [0.1, 0.15) is 128 Å². The molecule has 0 aromatic heterocycles. The zero-order chi connectivity index (χ0) is 27.1. The Morgan fingerprint density at radius 1 is 0.425 bits per heavy atom. The normalized spacial score (nSPS) is 22.7. The molecular formula is C37H55NP2. The second-order valence-electron chi connectivity index (χ2n) is 13.5. The van der Waals surface area contributed by atoms with Crippen LogP contribution in [0.5, 0.6) is 0 Å². The quantitative estimate of drug-likeness (QED) is 0.283. The molecule has 4 aliphatic rings. The third kappa shape index (κ3) is 6.68. The number of para-hydroxylation sites is 2. The third-order valence-corrected chi connectivity index (χ3v) is 18.0. The fraction of sp³-hybridized carbons (Fsp3) is 0.676. The first kappa shape index (κ1) is 29.2.